The van der Waals surface area contributed by atoms with Gasteiger partial charge in [0.1, 0.15) is 5.82 Å². The van der Waals surface area contributed by atoms with Crippen LogP contribution in [0.5, 0.6) is 0 Å². The van der Waals surface area contributed by atoms with Crippen LogP contribution < -0.4 is 0 Å². The number of carbonyl (C=O) groups excluding carboxylic acids is 1. The molecule has 4 heteroatoms. The predicted molar refractivity (Wildman–Crippen MR) is 115 cm³/mol. The second kappa shape index (κ2) is 9.36. The first-order valence-electron chi connectivity index (χ1n) is 10.7. The molecule has 0 aliphatic carbocycles. The molecule has 0 N–H and O–H groups in total. The maximum Gasteiger partial charge on any atom is 0.222 e. The van der Waals surface area contributed by atoms with E-state index in [0.29, 0.717) is 36.9 Å². The van der Waals surface area contributed by atoms with Gasteiger partial charge in [-0.1, -0.05) is 60.7 Å². The molecule has 2 atom stereocenters. The lowest BCUT2D eigenvalue weighted by atomic mass is 9.83. The van der Waals surface area contributed by atoms with Gasteiger partial charge in [-0.3, -0.25) is 9.69 Å². The molecule has 2 aliphatic heterocycles. The Morgan fingerprint density at radius 2 is 1.83 bits per heavy atom. The summed E-state index contributed by atoms with van der Waals surface area (Å²) in [7, 11) is 0. The van der Waals surface area contributed by atoms with E-state index < -0.39 is 0 Å². The maximum absolute atomic E-state index is 13.9. The van der Waals surface area contributed by atoms with E-state index in [1.807, 2.05) is 23.1 Å². The van der Waals surface area contributed by atoms with Gasteiger partial charge in [0.05, 0.1) is 0 Å². The first-order chi connectivity index (χ1) is 14.2. The molecule has 2 saturated heterocycles. The number of carbonyl (C=O) groups is 1. The van der Waals surface area contributed by atoms with Gasteiger partial charge in [-0.25, -0.2) is 4.39 Å². The number of piperidine rings is 2. The third-order valence-corrected chi connectivity index (χ3v) is 6.28. The molecule has 3 nitrogen and oxygen atoms in total. The van der Waals surface area contributed by atoms with Gasteiger partial charge >= 0.3 is 0 Å². The molecular formula is C25H29FN2O. The van der Waals surface area contributed by atoms with Crippen LogP contribution in [0.25, 0.3) is 6.08 Å². The van der Waals surface area contributed by atoms with Crippen LogP contribution in [0.1, 0.15) is 30.4 Å². The number of hydrogen-bond acceptors (Lipinski definition) is 2. The van der Waals surface area contributed by atoms with Gasteiger partial charge in [0.2, 0.25) is 5.91 Å². The van der Waals surface area contributed by atoms with Crippen molar-refractivity contribution in [3.05, 3.63) is 77.6 Å². The Bertz CT molecular complexity index is 851. The Balaban J connectivity index is 1.33. The summed E-state index contributed by atoms with van der Waals surface area (Å²) in [5.41, 5.74) is 1.93. The molecule has 0 radical (unpaired) electrons. The smallest absolute Gasteiger partial charge is 0.222 e. The summed E-state index contributed by atoms with van der Waals surface area (Å²) in [6.45, 7) is 3.60. The summed E-state index contributed by atoms with van der Waals surface area (Å²) in [4.78, 5) is 17.1. The Labute approximate surface area is 172 Å². The first kappa shape index (κ1) is 19.8. The zero-order valence-electron chi connectivity index (χ0n) is 16.8. The standard InChI is InChI=1S/C25H29FN2O/c26-23-11-5-4-10-21(23)14-18-28-24-15-17-27(19-22(24)12-13-25(28)29)16-6-9-20-7-2-1-3-8-20/h1-11,22,24H,12-19H2/b9-6+/t22-,24+/m1/s1. The van der Waals surface area contributed by atoms with Crippen molar-refractivity contribution in [1.82, 2.24) is 9.80 Å². The number of likely N-dealkylation sites (tertiary alicyclic amines) is 2. The molecule has 2 aromatic rings. The lowest BCUT2D eigenvalue weighted by molar-refractivity contribution is -0.140. The van der Waals surface area contributed by atoms with E-state index in [4.69, 9.17) is 0 Å². The first-order valence-corrected chi connectivity index (χ1v) is 10.7. The van der Waals surface area contributed by atoms with Crippen molar-refractivity contribution in [3.8, 4) is 0 Å². The largest absolute Gasteiger partial charge is 0.339 e. The number of nitrogens with zero attached hydrogens (tertiary/aromatic N) is 2. The lowest BCUT2D eigenvalue weighted by Crippen LogP contribution is -2.56. The summed E-state index contributed by atoms with van der Waals surface area (Å²) in [5, 5.41) is 0. The van der Waals surface area contributed by atoms with Crippen LogP contribution in [-0.4, -0.2) is 47.9 Å². The molecule has 0 aromatic heterocycles. The Morgan fingerprint density at radius 1 is 1.03 bits per heavy atom. The number of amides is 1. The highest BCUT2D eigenvalue weighted by Gasteiger charge is 2.38. The molecule has 4 rings (SSSR count). The van der Waals surface area contributed by atoms with Gasteiger partial charge in [-0.15, -0.1) is 0 Å². The van der Waals surface area contributed by atoms with Crippen LogP contribution in [0.2, 0.25) is 0 Å². The maximum atomic E-state index is 13.9. The van der Waals surface area contributed by atoms with Gasteiger partial charge < -0.3 is 4.90 Å². The van der Waals surface area contributed by atoms with Crippen LogP contribution in [0.15, 0.2) is 60.7 Å². The van der Waals surface area contributed by atoms with E-state index in [1.54, 1.807) is 6.07 Å². The molecule has 29 heavy (non-hydrogen) atoms. The molecule has 0 unspecified atom stereocenters. The summed E-state index contributed by atoms with van der Waals surface area (Å²) in [5.74, 6) is 0.584. The van der Waals surface area contributed by atoms with E-state index in [1.165, 1.54) is 11.6 Å². The van der Waals surface area contributed by atoms with E-state index in [0.717, 1.165) is 32.5 Å². The summed E-state index contributed by atoms with van der Waals surface area (Å²) >= 11 is 0. The molecule has 0 spiro atoms. The van der Waals surface area contributed by atoms with Crippen LogP contribution in [0, 0.1) is 11.7 Å². The number of fused-ring (bicyclic) bond motifs is 1. The minimum absolute atomic E-state index is 0.173. The minimum atomic E-state index is -0.173. The molecule has 152 valence electrons. The van der Waals surface area contributed by atoms with E-state index >= 15 is 0 Å². The second-order valence-corrected chi connectivity index (χ2v) is 8.16. The minimum Gasteiger partial charge on any atom is -0.339 e. The molecule has 2 aromatic carbocycles. The van der Waals surface area contributed by atoms with Crippen LogP contribution in [0.3, 0.4) is 0 Å². The van der Waals surface area contributed by atoms with Crippen molar-refractivity contribution in [2.75, 3.05) is 26.2 Å². The third kappa shape index (κ3) is 4.94. The Kier molecular flexibility index (Phi) is 6.40. The van der Waals surface area contributed by atoms with Crippen molar-refractivity contribution in [1.29, 1.82) is 0 Å². The van der Waals surface area contributed by atoms with Crippen molar-refractivity contribution >= 4 is 12.0 Å². The number of hydrogen-bond donors (Lipinski definition) is 0. The highest BCUT2D eigenvalue weighted by molar-refractivity contribution is 5.77. The van der Waals surface area contributed by atoms with Gasteiger partial charge in [-0.2, -0.15) is 0 Å². The summed E-state index contributed by atoms with van der Waals surface area (Å²) < 4.78 is 13.9. The lowest BCUT2D eigenvalue weighted by Gasteiger charge is -2.47. The van der Waals surface area contributed by atoms with Crippen LogP contribution >= 0.6 is 0 Å². The van der Waals surface area contributed by atoms with Crippen molar-refractivity contribution < 1.29 is 9.18 Å². The number of rotatable bonds is 6. The Hall–Kier alpha value is -2.46. The second-order valence-electron chi connectivity index (χ2n) is 8.16. The molecule has 1 amide bonds. The number of benzene rings is 2. The van der Waals surface area contributed by atoms with Crippen molar-refractivity contribution in [3.63, 3.8) is 0 Å². The van der Waals surface area contributed by atoms with Gasteiger partial charge in [-0.05, 0) is 42.4 Å². The zero-order valence-corrected chi connectivity index (χ0v) is 16.8. The topological polar surface area (TPSA) is 23.6 Å². The summed E-state index contributed by atoms with van der Waals surface area (Å²) in [6.07, 6.45) is 7.60. The predicted octanol–water partition coefficient (Wildman–Crippen LogP) is 4.39. The number of halogens is 1. The molecular weight excluding hydrogens is 363 g/mol. The van der Waals surface area contributed by atoms with Gasteiger partial charge in [0, 0.05) is 38.6 Å². The SMILES string of the molecule is O=C1CC[C@@H]2CN(C/C=C/c3ccccc3)CC[C@@H]2N1CCc1ccccc1F. The highest BCUT2D eigenvalue weighted by Crippen LogP contribution is 2.31. The molecule has 2 fully saturated rings. The average Bonchev–Trinajstić information content (AvgIpc) is 2.75. The fourth-order valence-corrected chi connectivity index (χ4v) is 4.73. The zero-order chi connectivity index (χ0) is 20.1. The van der Waals surface area contributed by atoms with Crippen LogP contribution in [-0.2, 0) is 11.2 Å². The van der Waals surface area contributed by atoms with Gasteiger partial charge in [0.25, 0.3) is 0 Å². The highest BCUT2D eigenvalue weighted by atomic mass is 19.1. The van der Waals surface area contributed by atoms with Crippen molar-refractivity contribution in [2.24, 2.45) is 5.92 Å². The molecule has 0 saturated carbocycles. The molecule has 2 heterocycles. The Morgan fingerprint density at radius 3 is 2.66 bits per heavy atom. The quantitative estimate of drug-likeness (QED) is 0.728. The van der Waals surface area contributed by atoms with Crippen LogP contribution in [0.4, 0.5) is 4.39 Å². The van der Waals surface area contributed by atoms with E-state index in [2.05, 4.69) is 41.3 Å². The van der Waals surface area contributed by atoms with E-state index in [-0.39, 0.29) is 11.7 Å². The fourth-order valence-electron chi connectivity index (χ4n) is 4.73. The van der Waals surface area contributed by atoms with Gasteiger partial charge in [0.15, 0.2) is 0 Å². The van der Waals surface area contributed by atoms with E-state index in [9.17, 15) is 9.18 Å². The average molecular weight is 393 g/mol. The third-order valence-electron chi connectivity index (χ3n) is 6.28. The normalized spacial score (nSPS) is 22.8. The summed E-state index contributed by atoms with van der Waals surface area (Å²) in [6, 6.07) is 17.6. The molecule has 0 bridgehead atoms. The monoisotopic (exact) mass is 392 g/mol. The molecule has 2 aliphatic rings. The van der Waals surface area contributed by atoms with Crippen molar-refractivity contribution in [2.45, 2.75) is 31.7 Å². The fraction of sp³-hybridized carbons (Fsp3) is 0.400.